The molecular formula is C15H23ClF3N3O2S. The number of alkyl halides is 3. The minimum absolute atomic E-state index is 0. The molecule has 0 amide bonds. The third kappa shape index (κ3) is 5.82. The van der Waals surface area contributed by atoms with Crippen molar-refractivity contribution in [3.8, 4) is 0 Å². The van der Waals surface area contributed by atoms with Gasteiger partial charge in [0.05, 0.1) is 4.90 Å². The lowest BCUT2D eigenvalue weighted by molar-refractivity contribution is -0.182. The van der Waals surface area contributed by atoms with E-state index in [1.54, 1.807) is 26.0 Å². The van der Waals surface area contributed by atoms with E-state index in [4.69, 9.17) is 0 Å². The summed E-state index contributed by atoms with van der Waals surface area (Å²) in [6.07, 6.45) is -4.50. The predicted octanol–water partition coefficient (Wildman–Crippen LogP) is 1.84. The Kier molecular flexibility index (Phi) is 7.70. The third-order valence-corrected chi connectivity index (χ3v) is 5.64. The number of hydrogen-bond acceptors (Lipinski definition) is 4. The minimum atomic E-state index is -4.50. The number of piperazine rings is 1. The number of nitrogens with zero attached hydrogens (tertiary/aromatic N) is 1. The van der Waals surface area contributed by atoms with Gasteiger partial charge in [-0.25, -0.2) is 13.1 Å². The van der Waals surface area contributed by atoms with E-state index >= 15 is 0 Å². The fourth-order valence-corrected chi connectivity index (χ4v) is 4.07. The number of aryl methyl sites for hydroxylation is 2. The van der Waals surface area contributed by atoms with Crippen LogP contribution in [0.3, 0.4) is 0 Å². The molecule has 0 bridgehead atoms. The van der Waals surface area contributed by atoms with Crippen LogP contribution in [-0.2, 0) is 10.0 Å². The quantitative estimate of drug-likeness (QED) is 0.790. The van der Waals surface area contributed by atoms with Crippen LogP contribution in [0.1, 0.15) is 11.1 Å². The molecule has 1 unspecified atom stereocenters. The van der Waals surface area contributed by atoms with Crippen molar-refractivity contribution in [2.75, 3.05) is 32.7 Å². The second kappa shape index (κ2) is 8.68. The first-order chi connectivity index (χ1) is 11.1. The highest BCUT2D eigenvalue weighted by molar-refractivity contribution is 7.89. The molecule has 2 rings (SSSR count). The molecule has 0 aliphatic carbocycles. The molecule has 1 aromatic rings. The molecule has 144 valence electrons. The first kappa shape index (κ1) is 22.2. The van der Waals surface area contributed by atoms with Crippen LogP contribution in [0, 0.1) is 13.8 Å². The standard InChI is InChI=1S/C15H22F3N3O2S.ClH/c1-11-3-4-12(2)13(9-11)24(22,23)20-10-14(15(16,17)18)21-7-5-19-6-8-21;/h3-4,9,14,19-20H,5-8,10H2,1-2H3;1H. The lowest BCUT2D eigenvalue weighted by Gasteiger charge is -2.35. The van der Waals surface area contributed by atoms with Crippen molar-refractivity contribution in [1.82, 2.24) is 14.9 Å². The van der Waals surface area contributed by atoms with Crippen LogP contribution in [0.5, 0.6) is 0 Å². The fraction of sp³-hybridized carbons (Fsp3) is 0.600. The second-order valence-corrected chi connectivity index (χ2v) is 7.70. The summed E-state index contributed by atoms with van der Waals surface area (Å²) in [4.78, 5) is 1.28. The Morgan fingerprint density at radius 2 is 1.84 bits per heavy atom. The van der Waals surface area contributed by atoms with E-state index in [1.165, 1.54) is 11.0 Å². The first-order valence-electron chi connectivity index (χ1n) is 7.69. The maximum Gasteiger partial charge on any atom is 0.405 e. The highest BCUT2D eigenvalue weighted by Gasteiger charge is 2.44. The Hall–Kier alpha value is -0.870. The van der Waals surface area contributed by atoms with Crippen LogP contribution in [0.2, 0.25) is 0 Å². The average molecular weight is 402 g/mol. The Bertz CT molecular complexity index is 677. The van der Waals surface area contributed by atoms with Gasteiger partial charge in [-0.15, -0.1) is 12.4 Å². The van der Waals surface area contributed by atoms with Crippen molar-refractivity contribution in [3.05, 3.63) is 29.3 Å². The molecule has 0 radical (unpaired) electrons. The SMILES string of the molecule is Cc1ccc(C)c(S(=O)(=O)NCC(N2CCNCC2)C(F)(F)F)c1.Cl. The predicted molar refractivity (Wildman–Crippen MR) is 92.6 cm³/mol. The van der Waals surface area contributed by atoms with Gasteiger partial charge >= 0.3 is 6.18 Å². The number of halogens is 4. The monoisotopic (exact) mass is 401 g/mol. The minimum Gasteiger partial charge on any atom is -0.314 e. The smallest absolute Gasteiger partial charge is 0.314 e. The van der Waals surface area contributed by atoms with Gasteiger partial charge in [0.25, 0.3) is 0 Å². The number of nitrogens with one attached hydrogen (secondary N) is 2. The van der Waals surface area contributed by atoms with Gasteiger partial charge in [0, 0.05) is 32.7 Å². The molecule has 1 saturated heterocycles. The Balaban J connectivity index is 0.00000312. The lowest BCUT2D eigenvalue weighted by Crippen LogP contribution is -2.57. The summed E-state index contributed by atoms with van der Waals surface area (Å²) in [6, 6.07) is 3.03. The maximum absolute atomic E-state index is 13.3. The van der Waals surface area contributed by atoms with Crippen LogP contribution in [-0.4, -0.2) is 58.3 Å². The summed E-state index contributed by atoms with van der Waals surface area (Å²) in [5, 5.41) is 2.99. The van der Waals surface area contributed by atoms with E-state index in [9.17, 15) is 21.6 Å². The molecule has 1 aliphatic rings. The van der Waals surface area contributed by atoms with Crippen LogP contribution < -0.4 is 10.0 Å². The molecule has 0 aromatic heterocycles. The van der Waals surface area contributed by atoms with E-state index in [2.05, 4.69) is 10.0 Å². The van der Waals surface area contributed by atoms with E-state index in [1.807, 2.05) is 0 Å². The molecule has 1 aliphatic heterocycles. The van der Waals surface area contributed by atoms with Gasteiger partial charge in [0.2, 0.25) is 10.0 Å². The van der Waals surface area contributed by atoms with E-state index in [-0.39, 0.29) is 30.4 Å². The van der Waals surface area contributed by atoms with Gasteiger partial charge in [-0.05, 0) is 31.0 Å². The van der Waals surface area contributed by atoms with Crippen molar-refractivity contribution >= 4 is 22.4 Å². The van der Waals surface area contributed by atoms with Crippen molar-refractivity contribution in [1.29, 1.82) is 0 Å². The Morgan fingerprint density at radius 3 is 2.40 bits per heavy atom. The summed E-state index contributed by atoms with van der Waals surface area (Å²) >= 11 is 0. The van der Waals surface area contributed by atoms with Crippen LogP contribution in [0.25, 0.3) is 0 Å². The molecule has 2 N–H and O–H groups in total. The first-order valence-corrected chi connectivity index (χ1v) is 9.18. The Morgan fingerprint density at radius 1 is 1.24 bits per heavy atom. The topological polar surface area (TPSA) is 61.4 Å². The van der Waals surface area contributed by atoms with Crippen LogP contribution >= 0.6 is 12.4 Å². The van der Waals surface area contributed by atoms with Crippen LogP contribution in [0.4, 0.5) is 13.2 Å². The van der Waals surface area contributed by atoms with Gasteiger partial charge in [0.15, 0.2) is 0 Å². The van der Waals surface area contributed by atoms with Crippen molar-refractivity contribution in [2.24, 2.45) is 0 Å². The second-order valence-electron chi connectivity index (χ2n) is 5.96. The lowest BCUT2D eigenvalue weighted by atomic mass is 10.2. The fourth-order valence-electron chi connectivity index (χ4n) is 2.71. The summed E-state index contributed by atoms with van der Waals surface area (Å²) < 4.78 is 66.9. The van der Waals surface area contributed by atoms with Crippen molar-refractivity contribution in [3.63, 3.8) is 0 Å². The van der Waals surface area contributed by atoms with Gasteiger partial charge in [-0.2, -0.15) is 13.2 Å². The number of sulfonamides is 1. The van der Waals surface area contributed by atoms with Gasteiger partial charge in [-0.3, -0.25) is 4.90 Å². The zero-order chi connectivity index (χ0) is 18.0. The molecule has 10 heteroatoms. The molecule has 0 spiro atoms. The summed E-state index contributed by atoms with van der Waals surface area (Å²) in [5.74, 6) is 0. The van der Waals surface area contributed by atoms with Gasteiger partial charge in [0.1, 0.15) is 6.04 Å². The zero-order valence-corrected chi connectivity index (χ0v) is 15.7. The normalized spacial score (nSPS) is 17.8. The highest BCUT2D eigenvalue weighted by Crippen LogP contribution is 2.25. The van der Waals surface area contributed by atoms with Crippen LogP contribution in [0.15, 0.2) is 23.1 Å². The van der Waals surface area contributed by atoms with E-state index in [0.717, 1.165) is 5.56 Å². The van der Waals surface area contributed by atoms with Gasteiger partial charge < -0.3 is 5.32 Å². The van der Waals surface area contributed by atoms with Crippen molar-refractivity contribution < 1.29 is 21.6 Å². The molecule has 1 heterocycles. The molecular weight excluding hydrogens is 379 g/mol. The molecule has 1 atom stereocenters. The van der Waals surface area contributed by atoms with Gasteiger partial charge in [-0.1, -0.05) is 12.1 Å². The summed E-state index contributed by atoms with van der Waals surface area (Å²) in [5.41, 5.74) is 1.23. The maximum atomic E-state index is 13.3. The molecule has 1 fully saturated rings. The van der Waals surface area contributed by atoms with E-state index < -0.39 is 28.8 Å². The third-order valence-electron chi connectivity index (χ3n) is 4.07. The molecule has 0 saturated carbocycles. The largest absolute Gasteiger partial charge is 0.405 e. The number of rotatable bonds is 5. The Labute approximate surface area is 152 Å². The van der Waals surface area contributed by atoms with E-state index in [0.29, 0.717) is 18.7 Å². The summed E-state index contributed by atoms with van der Waals surface area (Å²) in [7, 11) is -4.00. The molecule has 5 nitrogen and oxygen atoms in total. The zero-order valence-electron chi connectivity index (χ0n) is 14.1. The molecule has 1 aromatic carbocycles. The summed E-state index contributed by atoms with van der Waals surface area (Å²) in [6.45, 7) is 4.03. The van der Waals surface area contributed by atoms with Crippen molar-refractivity contribution in [2.45, 2.75) is 31.0 Å². The highest BCUT2D eigenvalue weighted by atomic mass is 35.5. The average Bonchev–Trinajstić information content (AvgIpc) is 2.49. The number of benzene rings is 1. The molecule has 25 heavy (non-hydrogen) atoms. The number of hydrogen-bond donors (Lipinski definition) is 2.